The van der Waals surface area contributed by atoms with Gasteiger partial charge < -0.3 is 14.8 Å². The van der Waals surface area contributed by atoms with Gasteiger partial charge in [-0.2, -0.15) is 0 Å². The summed E-state index contributed by atoms with van der Waals surface area (Å²) in [7, 11) is 1.64. The number of hydrogen-bond acceptors (Lipinski definition) is 5. The normalized spacial score (nSPS) is 9.38. The molecule has 2 aromatic carbocycles. The molecule has 0 amide bonds. The van der Waals surface area contributed by atoms with Gasteiger partial charge in [-0.3, -0.25) is 0 Å². The van der Waals surface area contributed by atoms with Crippen LogP contribution >= 0.6 is 0 Å². The van der Waals surface area contributed by atoms with E-state index in [1.54, 1.807) is 7.11 Å². The summed E-state index contributed by atoms with van der Waals surface area (Å²) in [6, 6.07) is 13.3. The highest BCUT2D eigenvalue weighted by molar-refractivity contribution is 5.91. The molecule has 0 aliphatic rings. The molecule has 1 N–H and O–H groups in total. The molecule has 0 spiro atoms. The summed E-state index contributed by atoms with van der Waals surface area (Å²) in [4.78, 5) is 8.64. The Morgan fingerprint density at radius 2 is 1.79 bits per heavy atom. The summed E-state index contributed by atoms with van der Waals surface area (Å²) in [5.74, 6) is 4.09. The van der Waals surface area contributed by atoms with Crippen LogP contribution in [0.25, 0.3) is 10.9 Å². The Bertz CT molecular complexity index is 904. The van der Waals surface area contributed by atoms with E-state index in [9.17, 15) is 0 Å². The molecule has 154 valence electrons. The van der Waals surface area contributed by atoms with Crippen molar-refractivity contribution in [2.24, 2.45) is 0 Å². The minimum absolute atomic E-state index is 0.497. The topological polar surface area (TPSA) is 56.3 Å². The largest absolute Gasteiger partial charge is 0.491 e. The standard InChI is InChI=1S/C19H17N3O2.C3H8.C2H6/c1-3-14-5-4-6-15(11-14)22-19-17-8-7-16(24-10-9-23-2)12-18(17)20-13-21-19;1-3-2;1-2/h1,4-8,11-13H,9-10H2,2H3,(H,20,21,22);3H2,1-2H3;1-2H3. The molecule has 0 saturated carbocycles. The van der Waals surface area contributed by atoms with E-state index < -0.39 is 0 Å². The highest BCUT2D eigenvalue weighted by Gasteiger charge is 2.06. The van der Waals surface area contributed by atoms with Gasteiger partial charge in [-0.05, 0) is 30.3 Å². The Kier molecular flexibility index (Phi) is 11.5. The fraction of sp³-hybridized carbons (Fsp3) is 0.333. The van der Waals surface area contributed by atoms with Crippen LogP contribution in [-0.2, 0) is 4.74 Å². The van der Waals surface area contributed by atoms with Crippen LogP contribution in [0.3, 0.4) is 0 Å². The van der Waals surface area contributed by atoms with Crippen LogP contribution in [0.2, 0.25) is 0 Å². The van der Waals surface area contributed by atoms with E-state index in [1.807, 2.05) is 56.3 Å². The van der Waals surface area contributed by atoms with Crippen molar-refractivity contribution >= 4 is 22.4 Å². The minimum atomic E-state index is 0.497. The first-order valence-corrected chi connectivity index (χ1v) is 9.92. The molecule has 3 aromatic rings. The van der Waals surface area contributed by atoms with Gasteiger partial charge in [0.2, 0.25) is 0 Å². The lowest BCUT2D eigenvalue weighted by Crippen LogP contribution is -2.04. The van der Waals surface area contributed by atoms with Gasteiger partial charge in [-0.25, -0.2) is 9.97 Å². The summed E-state index contributed by atoms with van der Waals surface area (Å²) in [5, 5.41) is 4.19. The number of rotatable bonds is 6. The van der Waals surface area contributed by atoms with Gasteiger partial charge in [-0.1, -0.05) is 46.1 Å². The predicted octanol–water partition coefficient (Wildman–Crippen LogP) is 5.82. The zero-order valence-corrected chi connectivity index (χ0v) is 18.0. The molecule has 0 radical (unpaired) electrons. The van der Waals surface area contributed by atoms with Gasteiger partial charge in [0, 0.05) is 29.8 Å². The number of hydrogen-bond donors (Lipinski definition) is 1. The number of nitrogens with zero attached hydrogens (tertiary/aromatic N) is 2. The molecule has 0 bridgehead atoms. The van der Waals surface area contributed by atoms with Crippen LogP contribution in [0.15, 0.2) is 48.8 Å². The summed E-state index contributed by atoms with van der Waals surface area (Å²) < 4.78 is 10.6. The van der Waals surface area contributed by atoms with Crippen molar-refractivity contribution in [2.45, 2.75) is 34.1 Å². The second kappa shape index (κ2) is 14.0. The molecule has 0 atom stereocenters. The van der Waals surface area contributed by atoms with Crippen molar-refractivity contribution in [3.8, 4) is 18.1 Å². The molecular formula is C24H31N3O2. The number of methoxy groups -OCH3 is 1. The van der Waals surface area contributed by atoms with Gasteiger partial charge >= 0.3 is 0 Å². The summed E-state index contributed by atoms with van der Waals surface area (Å²) in [5.41, 5.74) is 2.49. The number of fused-ring (bicyclic) bond motifs is 1. The predicted molar refractivity (Wildman–Crippen MR) is 122 cm³/mol. The quantitative estimate of drug-likeness (QED) is 0.422. The summed E-state index contributed by atoms with van der Waals surface area (Å²) in [6.07, 6.45) is 8.22. The fourth-order valence-electron chi connectivity index (χ4n) is 2.29. The third-order valence-electron chi connectivity index (χ3n) is 3.46. The maximum Gasteiger partial charge on any atom is 0.141 e. The van der Waals surface area contributed by atoms with E-state index in [4.69, 9.17) is 15.9 Å². The molecule has 0 saturated heterocycles. The van der Waals surface area contributed by atoms with Crippen molar-refractivity contribution in [3.05, 3.63) is 54.4 Å². The Labute approximate surface area is 174 Å². The van der Waals surface area contributed by atoms with Crippen molar-refractivity contribution in [3.63, 3.8) is 0 Å². The summed E-state index contributed by atoms with van der Waals surface area (Å²) >= 11 is 0. The molecular weight excluding hydrogens is 362 g/mol. The average molecular weight is 394 g/mol. The number of anilines is 2. The molecule has 3 rings (SSSR count). The smallest absolute Gasteiger partial charge is 0.141 e. The number of ether oxygens (including phenoxy) is 2. The number of terminal acetylenes is 1. The lowest BCUT2D eigenvalue weighted by atomic mass is 10.2. The molecule has 1 aromatic heterocycles. The second-order valence-electron chi connectivity index (χ2n) is 5.80. The number of nitrogens with one attached hydrogen (secondary N) is 1. The zero-order chi connectivity index (χ0) is 21.5. The van der Waals surface area contributed by atoms with Crippen LogP contribution in [0, 0.1) is 12.3 Å². The number of benzene rings is 2. The first kappa shape index (κ1) is 23.9. The molecule has 0 aliphatic carbocycles. The van der Waals surface area contributed by atoms with Crippen molar-refractivity contribution < 1.29 is 9.47 Å². The van der Waals surface area contributed by atoms with E-state index in [0.29, 0.717) is 13.2 Å². The van der Waals surface area contributed by atoms with Gasteiger partial charge in [0.15, 0.2) is 0 Å². The van der Waals surface area contributed by atoms with E-state index in [0.717, 1.165) is 33.7 Å². The minimum Gasteiger partial charge on any atom is -0.491 e. The lowest BCUT2D eigenvalue weighted by Gasteiger charge is -2.10. The maximum absolute atomic E-state index is 5.61. The molecule has 0 unspecified atom stereocenters. The van der Waals surface area contributed by atoms with E-state index >= 15 is 0 Å². The first-order chi connectivity index (χ1) is 14.2. The third-order valence-corrected chi connectivity index (χ3v) is 3.46. The van der Waals surface area contributed by atoms with Crippen LogP contribution in [0.5, 0.6) is 5.75 Å². The van der Waals surface area contributed by atoms with Crippen LogP contribution in [-0.4, -0.2) is 30.3 Å². The van der Waals surface area contributed by atoms with Gasteiger partial charge in [-0.15, -0.1) is 6.42 Å². The third kappa shape index (κ3) is 7.81. The van der Waals surface area contributed by atoms with Gasteiger partial charge in [0.05, 0.1) is 12.1 Å². The Morgan fingerprint density at radius 3 is 2.48 bits per heavy atom. The van der Waals surface area contributed by atoms with Crippen LogP contribution < -0.4 is 10.1 Å². The first-order valence-electron chi connectivity index (χ1n) is 9.92. The average Bonchev–Trinajstić information content (AvgIpc) is 2.76. The van der Waals surface area contributed by atoms with E-state index in [2.05, 4.69) is 35.1 Å². The van der Waals surface area contributed by atoms with Gasteiger partial charge in [0.1, 0.15) is 24.5 Å². The lowest BCUT2D eigenvalue weighted by molar-refractivity contribution is 0.146. The van der Waals surface area contributed by atoms with Crippen LogP contribution in [0.4, 0.5) is 11.5 Å². The highest BCUT2D eigenvalue weighted by atomic mass is 16.5. The zero-order valence-electron chi connectivity index (χ0n) is 18.0. The molecule has 1 heterocycles. The highest BCUT2D eigenvalue weighted by Crippen LogP contribution is 2.26. The van der Waals surface area contributed by atoms with Crippen molar-refractivity contribution in [1.29, 1.82) is 0 Å². The van der Waals surface area contributed by atoms with Gasteiger partial charge in [0.25, 0.3) is 0 Å². The molecule has 5 nitrogen and oxygen atoms in total. The molecule has 0 fully saturated rings. The van der Waals surface area contributed by atoms with Crippen LogP contribution in [0.1, 0.15) is 39.7 Å². The molecule has 5 heteroatoms. The Hall–Kier alpha value is -3.10. The Balaban J connectivity index is 0.000000771. The van der Waals surface area contributed by atoms with E-state index in [-0.39, 0.29) is 0 Å². The molecule has 29 heavy (non-hydrogen) atoms. The van der Waals surface area contributed by atoms with Crippen molar-refractivity contribution in [2.75, 3.05) is 25.6 Å². The Morgan fingerprint density at radius 1 is 1.03 bits per heavy atom. The molecule has 0 aliphatic heterocycles. The SMILES string of the molecule is C#Cc1cccc(Nc2ncnc3cc(OCCOC)ccc23)c1.CC.CCC. The number of aromatic nitrogens is 2. The fourth-order valence-corrected chi connectivity index (χ4v) is 2.29. The maximum atomic E-state index is 5.61. The second-order valence-corrected chi connectivity index (χ2v) is 5.80. The summed E-state index contributed by atoms with van der Waals surface area (Å²) in [6.45, 7) is 9.29. The monoisotopic (exact) mass is 393 g/mol. The van der Waals surface area contributed by atoms with Crippen molar-refractivity contribution in [1.82, 2.24) is 9.97 Å². The van der Waals surface area contributed by atoms with E-state index in [1.165, 1.54) is 12.7 Å².